The second kappa shape index (κ2) is 6.02. The lowest BCUT2D eigenvalue weighted by Gasteiger charge is -2.20. The Balaban J connectivity index is 2.36. The highest BCUT2D eigenvalue weighted by molar-refractivity contribution is 5.17. The Morgan fingerprint density at radius 1 is 1.24 bits per heavy atom. The minimum Gasteiger partial charge on any atom is -0.388 e. The molecule has 0 aromatic heterocycles. The average Bonchev–Trinajstić information content (AvgIpc) is 2.25. The van der Waals surface area contributed by atoms with Crippen LogP contribution in [-0.2, 0) is 0 Å². The van der Waals surface area contributed by atoms with Crippen LogP contribution in [0, 0.1) is 0 Å². The first kappa shape index (κ1) is 14.0. The summed E-state index contributed by atoms with van der Waals surface area (Å²) in [6.45, 7) is -0.746. The van der Waals surface area contributed by atoms with Crippen molar-refractivity contribution in [3.8, 4) is 0 Å². The van der Waals surface area contributed by atoms with Crippen LogP contribution in [0.25, 0.3) is 0 Å². The lowest BCUT2D eigenvalue weighted by atomic mass is 10.1. The number of halogens is 3. The standard InChI is InChI=1S/C12H16F3NO/c1-16(9-12(13,14)15)8-7-11(17)10-5-3-2-4-6-10/h2-6,11,17H,7-9H2,1H3/t11-/m1/s1. The zero-order valence-electron chi connectivity index (χ0n) is 9.61. The van der Waals surface area contributed by atoms with E-state index in [9.17, 15) is 18.3 Å². The summed E-state index contributed by atoms with van der Waals surface area (Å²) in [6, 6.07) is 8.92. The van der Waals surface area contributed by atoms with Crippen molar-refractivity contribution in [2.45, 2.75) is 18.7 Å². The second-order valence-corrected chi connectivity index (χ2v) is 4.07. The molecule has 1 N–H and O–H groups in total. The molecule has 0 saturated heterocycles. The van der Waals surface area contributed by atoms with Gasteiger partial charge in [0.2, 0.25) is 0 Å². The number of hydrogen-bond acceptors (Lipinski definition) is 2. The third-order valence-corrected chi connectivity index (χ3v) is 2.42. The van der Waals surface area contributed by atoms with Crippen LogP contribution in [0.4, 0.5) is 13.2 Å². The van der Waals surface area contributed by atoms with E-state index in [1.165, 1.54) is 7.05 Å². The van der Waals surface area contributed by atoms with Gasteiger partial charge in [0.05, 0.1) is 12.6 Å². The van der Waals surface area contributed by atoms with E-state index in [1.54, 1.807) is 24.3 Å². The summed E-state index contributed by atoms with van der Waals surface area (Å²) in [4.78, 5) is 1.16. The molecule has 1 aromatic carbocycles. The fourth-order valence-corrected chi connectivity index (χ4v) is 1.57. The molecule has 0 amide bonds. The molecule has 1 atom stereocenters. The SMILES string of the molecule is CN(CC[C@@H](O)c1ccccc1)CC(F)(F)F. The summed E-state index contributed by atoms with van der Waals surface area (Å²) in [5.41, 5.74) is 0.730. The van der Waals surface area contributed by atoms with E-state index >= 15 is 0 Å². The van der Waals surface area contributed by atoms with Gasteiger partial charge in [0.25, 0.3) is 0 Å². The number of alkyl halides is 3. The molecule has 0 saturated carbocycles. The molecule has 0 aliphatic carbocycles. The Kier molecular flexibility index (Phi) is 4.96. The molecule has 17 heavy (non-hydrogen) atoms. The van der Waals surface area contributed by atoms with Gasteiger partial charge in [-0.2, -0.15) is 13.2 Å². The van der Waals surface area contributed by atoms with Gasteiger partial charge in [-0.25, -0.2) is 0 Å². The van der Waals surface area contributed by atoms with Crippen LogP contribution in [0.1, 0.15) is 18.1 Å². The Morgan fingerprint density at radius 2 is 1.82 bits per heavy atom. The van der Waals surface area contributed by atoms with Crippen LogP contribution in [0.3, 0.4) is 0 Å². The van der Waals surface area contributed by atoms with Crippen molar-refractivity contribution in [3.63, 3.8) is 0 Å². The third kappa shape index (κ3) is 5.70. The fraction of sp³-hybridized carbons (Fsp3) is 0.500. The third-order valence-electron chi connectivity index (χ3n) is 2.42. The first-order chi connectivity index (χ1) is 7.88. The second-order valence-electron chi connectivity index (χ2n) is 4.07. The Bertz CT molecular complexity index is 326. The Labute approximate surface area is 98.7 Å². The molecule has 1 aromatic rings. The molecule has 96 valence electrons. The number of aliphatic hydroxyl groups excluding tert-OH is 1. The zero-order valence-corrected chi connectivity index (χ0v) is 9.61. The molecule has 1 rings (SSSR count). The van der Waals surface area contributed by atoms with Gasteiger partial charge in [-0.15, -0.1) is 0 Å². The maximum atomic E-state index is 12.0. The lowest BCUT2D eigenvalue weighted by molar-refractivity contribution is -0.143. The van der Waals surface area contributed by atoms with Crippen molar-refractivity contribution < 1.29 is 18.3 Å². The number of rotatable bonds is 5. The summed E-state index contributed by atoms with van der Waals surface area (Å²) in [6.07, 6.45) is -4.62. The van der Waals surface area contributed by atoms with Crippen molar-refractivity contribution in [3.05, 3.63) is 35.9 Å². The summed E-state index contributed by atoms with van der Waals surface area (Å²) < 4.78 is 36.1. The lowest BCUT2D eigenvalue weighted by Crippen LogP contribution is -2.32. The van der Waals surface area contributed by atoms with Gasteiger partial charge < -0.3 is 5.11 Å². The van der Waals surface area contributed by atoms with E-state index in [4.69, 9.17) is 0 Å². The van der Waals surface area contributed by atoms with Crippen LogP contribution in [0.5, 0.6) is 0 Å². The van der Waals surface area contributed by atoms with Gasteiger partial charge in [-0.05, 0) is 19.0 Å². The van der Waals surface area contributed by atoms with E-state index in [1.807, 2.05) is 6.07 Å². The number of aliphatic hydroxyl groups is 1. The first-order valence-corrected chi connectivity index (χ1v) is 5.37. The molecule has 0 aliphatic heterocycles. The van der Waals surface area contributed by atoms with E-state index in [2.05, 4.69) is 0 Å². The van der Waals surface area contributed by atoms with Gasteiger partial charge in [0.1, 0.15) is 0 Å². The van der Waals surface area contributed by atoms with Crippen LogP contribution < -0.4 is 0 Å². The maximum absolute atomic E-state index is 12.0. The van der Waals surface area contributed by atoms with Crippen molar-refractivity contribution in [1.29, 1.82) is 0 Å². The molecule has 2 nitrogen and oxygen atoms in total. The summed E-state index contributed by atoms with van der Waals surface area (Å²) in [5, 5.41) is 9.76. The topological polar surface area (TPSA) is 23.5 Å². The van der Waals surface area contributed by atoms with Crippen LogP contribution in [0.15, 0.2) is 30.3 Å². The van der Waals surface area contributed by atoms with E-state index in [0.29, 0.717) is 0 Å². The summed E-state index contributed by atoms with van der Waals surface area (Å²) in [5.74, 6) is 0. The molecule has 0 radical (unpaired) electrons. The zero-order chi connectivity index (χ0) is 12.9. The van der Waals surface area contributed by atoms with Crippen molar-refractivity contribution >= 4 is 0 Å². The van der Waals surface area contributed by atoms with Gasteiger partial charge in [-0.3, -0.25) is 4.90 Å². The molecule has 0 spiro atoms. The molecule has 0 bridgehead atoms. The fourth-order valence-electron chi connectivity index (χ4n) is 1.57. The maximum Gasteiger partial charge on any atom is 0.401 e. The summed E-state index contributed by atoms with van der Waals surface area (Å²) in [7, 11) is 1.39. The number of hydrogen-bond donors (Lipinski definition) is 1. The van der Waals surface area contributed by atoms with E-state index in [0.717, 1.165) is 10.5 Å². The van der Waals surface area contributed by atoms with Gasteiger partial charge in [0.15, 0.2) is 0 Å². The van der Waals surface area contributed by atoms with Crippen LogP contribution >= 0.6 is 0 Å². The van der Waals surface area contributed by atoms with Crippen molar-refractivity contribution in [2.24, 2.45) is 0 Å². The van der Waals surface area contributed by atoms with Gasteiger partial charge in [0, 0.05) is 6.54 Å². The monoisotopic (exact) mass is 247 g/mol. The van der Waals surface area contributed by atoms with Crippen LogP contribution in [0.2, 0.25) is 0 Å². The van der Waals surface area contributed by atoms with Crippen LogP contribution in [-0.4, -0.2) is 36.3 Å². The Morgan fingerprint density at radius 3 is 2.35 bits per heavy atom. The normalized spacial score (nSPS) is 14.0. The molecular weight excluding hydrogens is 231 g/mol. The van der Waals surface area contributed by atoms with E-state index < -0.39 is 18.8 Å². The van der Waals surface area contributed by atoms with Gasteiger partial charge in [-0.1, -0.05) is 30.3 Å². The Hall–Kier alpha value is -1.07. The largest absolute Gasteiger partial charge is 0.401 e. The van der Waals surface area contributed by atoms with E-state index in [-0.39, 0.29) is 13.0 Å². The minimum atomic E-state index is -4.19. The van der Waals surface area contributed by atoms with Crippen molar-refractivity contribution in [2.75, 3.05) is 20.1 Å². The predicted octanol–water partition coefficient (Wildman–Crippen LogP) is 2.60. The minimum absolute atomic E-state index is 0.204. The summed E-state index contributed by atoms with van der Waals surface area (Å²) >= 11 is 0. The molecular formula is C12H16F3NO. The number of benzene rings is 1. The van der Waals surface area contributed by atoms with Crippen molar-refractivity contribution in [1.82, 2.24) is 4.90 Å². The van der Waals surface area contributed by atoms with Gasteiger partial charge >= 0.3 is 6.18 Å². The molecule has 0 heterocycles. The highest BCUT2D eigenvalue weighted by Crippen LogP contribution is 2.19. The predicted molar refractivity (Wildman–Crippen MR) is 59.6 cm³/mol. The highest BCUT2D eigenvalue weighted by atomic mass is 19.4. The molecule has 5 heteroatoms. The number of nitrogens with zero attached hydrogens (tertiary/aromatic N) is 1. The highest BCUT2D eigenvalue weighted by Gasteiger charge is 2.29. The smallest absolute Gasteiger partial charge is 0.388 e. The molecule has 0 unspecified atom stereocenters. The molecule has 0 fully saturated rings. The average molecular weight is 247 g/mol. The molecule has 0 aliphatic rings. The quantitative estimate of drug-likeness (QED) is 0.864. The first-order valence-electron chi connectivity index (χ1n) is 5.37.